The van der Waals surface area contributed by atoms with Crippen LogP contribution in [0.25, 0.3) is 0 Å². The number of carbonyl (C=O) groups excluding carboxylic acids is 1. The number of aryl methyl sites for hydroxylation is 1. The van der Waals surface area contributed by atoms with Gasteiger partial charge in [-0.15, -0.1) is 0 Å². The first kappa shape index (κ1) is 15.2. The Bertz CT molecular complexity index is 458. The molecule has 0 radical (unpaired) electrons. The first-order chi connectivity index (χ1) is 9.56. The molecule has 0 aliphatic carbocycles. The summed E-state index contributed by atoms with van der Waals surface area (Å²) in [5.74, 6) is 1.03. The van der Waals surface area contributed by atoms with Crippen molar-refractivity contribution in [2.75, 3.05) is 40.3 Å². The fraction of sp³-hybridized carbons (Fsp3) is 0.588. The summed E-state index contributed by atoms with van der Waals surface area (Å²) >= 11 is 0. The number of Topliss-reactive ketones (excluding diaryl/α,β-unsaturated/α-hetero) is 1. The van der Waals surface area contributed by atoms with Crippen LogP contribution in [0.3, 0.4) is 0 Å². The Morgan fingerprint density at radius 3 is 2.80 bits per heavy atom. The second kappa shape index (κ2) is 7.00. The highest BCUT2D eigenvalue weighted by atomic mass is 16.1. The van der Waals surface area contributed by atoms with Crippen molar-refractivity contribution in [2.24, 2.45) is 5.92 Å². The molecule has 1 fully saturated rings. The highest BCUT2D eigenvalue weighted by Crippen LogP contribution is 2.15. The van der Waals surface area contributed by atoms with Crippen molar-refractivity contribution < 1.29 is 4.79 Å². The molecule has 2 rings (SSSR count). The van der Waals surface area contributed by atoms with E-state index in [1.54, 1.807) is 0 Å². The van der Waals surface area contributed by atoms with Gasteiger partial charge in [-0.3, -0.25) is 4.79 Å². The smallest absolute Gasteiger partial charge is 0.164 e. The molecule has 3 heteroatoms. The Kier molecular flexibility index (Phi) is 5.32. The molecular weight excluding hydrogens is 248 g/mol. The molecule has 20 heavy (non-hydrogen) atoms. The lowest BCUT2D eigenvalue weighted by Gasteiger charge is -2.20. The fourth-order valence-electron chi connectivity index (χ4n) is 3.02. The zero-order valence-corrected chi connectivity index (χ0v) is 12.9. The zero-order chi connectivity index (χ0) is 14.5. The van der Waals surface area contributed by atoms with E-state index in [1.807, 2.05) is 31.2 Å². The minimum atomic E-state index is 0.262. The molecule has 1 aromatic rings. The number of hydrogen-bond acceptors (Lipinski definition) is 3. The topological polar surface area (TPSA) is 23.6 Å². The van der Waals surface area contributed by atoms with Crippen molar-refractivity contribution in [2.45, 2.75) is 19.8 Å². The van der Waals surface area contributed by atoms with E-state index >= 15 is 0 Å². The van der Waals surface area contributed by atoms with Gasteiger partial charge in [0.25, 0.3) is 0 Å². The minimum Gasteiger partial charge on any atom is -0.306 e. The normalized spacial score (nSPS) is 19.7. The van der Waals surface area contributed by atoms with Crippen molar-refractivity contribution in [3.63, 3.8) is 0 Å². The van der Waals surface area contributed by atoms with Crippen LogP contribution < -0.4 is 0 Å². The summed E-state index contributed by atoms with van der Waals surface area (Å²) in [6.45, 7) is 6.36. The maximum absolute atomic E-state index is 12.2. The third-order valence-electron chi connectivity index (χ3n) is 4.22. The number of benzene rings is 1. The Labute approximate surface area is 122 Å². The molecule has 1 saturated heterocycles. The number of ketones is 1. The molecule has 0 bridgehead atoms. The van der Waals surface area contributed by atoms with E-state index in [9.17, 15) is 4.79 Å². The number of carbonyl (C=O) groups is 1. The van der Waals surface area contributed by atoms with Crippen molar-refractivity contribution >= 4 is 5.78 Å². The summed E-state index contributed by atoms with van der Waals surface area (Å²) in [6, 6.07) is 7.86. The Balaban J connectivity index is 1.77. The third kappa shape index (κ3) is 4.15. The molecular formula is C17H26N2O. The fourth-order valence-corrected chi connectivity index (χ4v) is 3.02. The molecule has 0 N–H and O–H groups in total. The van der Waals surface area contributed by atoms with E-state index in [2.05, 4.69) is 23.9 Å². The first-order valence-electron chi connectivity index (χ1n) is 7.52. The quantitative estimate of drug-likeness (QED) is 0.745. The van der Waals surface area contributed by atoms with Crippen molar-refractivity contribution in [3.05, 3.63) is 35.4 Å². The molecule has 1 aromatic carbocycles. The maximum Gasteiger partial charge on any atom is 0.164 e. The minimum absolute atomic E-state index is 0.262. The van der Waals surface area contributed by atoms with Crippen LogP contribution in [-0.2, 0) is 0 Å². The van der Waals surface area contributed by atoms with Crippen molar-refractivity contribution in [1.29, 1.82) is 0 Å². The molecule has 0 amide bonds. The van der Waals surface area contributed by atoms with E-state index in [0.717, 1.165) is 30.1 Å². The zero-order valence-electron chi connectivity index (χ0n) is 12.9. The molecule has 0 aromatic heterocycles. The van der Waals surface area contributed by atoms with Gasteiger partial charge in [-0.25, -0.2) is 0 Å². The number of rotatable bonds is 6. The van der Waals surface area contributed by atoms with Gasteiger partial charge in [0.1, 0.15) is 0 Å². The molecule has 3 nitrogen and oxygen atoms in total. The highest BCUT2D eigenvalue weighted by Gasteiger charge is 2.20. The molecule has 110 valence electrons. The first-order valence-corrected chi connectivity index (χ1v) is 7.52. The van der Waals surface area contributed by atoms with E-state index < -0.39 is 0 Å². The van der Waals surface area contributed by atoms with Crippen LogP contribution >= 0.6 is 0 Å². The van der Waals surface area contributed by atoms with Gasteiger partial charge in [0.2, 0.25) is 0 Å². The van der Waals surface area contributed by atoms with E-state index in [-0.39, 0.29) is 5.78 Å². The van der Waals surface area contributed by atoms with E-state index in [1.165, 1.54) is 19.5 Å². The molecule has 0 saturated carbocycles. The SMILES string of the molecule is Cc1ccccc1C(=O)CCN(C)CC1CCN(C)C1. The standard InChI is InChI=1S/C17H26N2O/c1-14-6-4-5-7-16(14)17(20)9-11-19(3)13-15-8-10-18(2)12-15/h4-7,15H,8-13H2,1-3H3. The van der Waals surface area contributed by atoms with E-state index in [0.29, 0.717) is 6.42 Å². The summed E-state index contributed by atoms with van der Waals surface area (Å²) in [5, 5.41) is 0. The van der Waals surface area contributed by atoms with Crippen LogP contribution in [0.4, 0.5) is 0 Å². The van der Waals surface area contributed by atoms with Gasteiger partial charge in [-0.1, -0.05) is 24.3 Å². The molecule has 1 unspecified atom stereocenters. The maximum atomic E-state index is 12.2. The van der Waals surface area contributed by atoms with Crippen molar-refractivity contribution in [3.8, 4) is 0 Å². The predicted octanol–water partition coefficient (Wildman–Crippen LogP) is 2.45. The van der Waals surface area contributed by atoms with Gasteiger partial charge >= 0.3 is 0 Å². The molecule has 1 atom stereocenters. The number of nitrogens with zero attached hydrogens (tertiary/aromatic N) is 2. The van der Waals surface area contributed by atoms with Crippen LogP contribution in [0, 0.1) is 12.8 Å². The molecule has 0 spiro atoms. The summed E-state index contributed by atoms with van der Waals surface area (Å²) in [6.07, 6.45) is 1.90. The largest absolute Gasteiger partial charge is 0.306 e. The lowest BCUT2D eigenvalue weighted by molar-refractivity contribution is 0.0965. The van der Waals surface area contributed by atoms with Gasteiger partial charge in [-0.2, -0.15) is 0 Å². The van der Waals surface area contributed by atoms with Gasteiger partial charge < -0.3 is 9.80 Å². The lowest BCUT2D eigenvalue weighted by Crippen LogP contribution is -2.29. The summed E-state index contributed by atoms with van der Waals surface area (Å²) in [4.78, 5) is 16.9. The van der Waals surface area contributed by atoms with Gasteiger partial charge in [-0.05, 0) is 45.5 Å². The summed E-state index contributed by atoms with van der Waals surface area (Å²) < 4.78 is 0. The van der Waals surface area contributed by atoms with Crippen LogP contribution in [0.15, 0.2) is 24.3 Å². The average molecular weight is 274 g/mol. The predicted molar refractivity (Wildman–Crippen MR) is 83.2 cm³/mol. The van der Waals surface area contributed by atoms with E-state index in [4.69, 9.17) is 0 Å². The van der Waals surface area contributed by atoms with Gasteiger partial charge in [0, 0.05) is 31.6 Å². The van der Waals surface area contributed by atoms with Crippen LogP contribution in [0.1, 0.15) is 28.8 Å². The van der Waals surface area contributed by atoms with Crippen LogP contribution in [-0.4, -0.2) is 55.9 Å². The van der Waals surface area contributed by atoms with Gasteiger partial charge in [0.15, 0.2) is 5.78 Å². The van der Waals surface area contributed by atoms with Crippen LogP contribution in [0.5, 0.6) is 0 Å². The second-order valence-corrected chi connectivity index (χ2v) is 6.17. The average Bonchev–Trinajstić information content (AvgIpc) is 2.82. The lowest BCUT2D eigenvalue weighted by atomic mass is 10.0. The highest BCUT2D eigenvalue weighted by molar-refractivity contribution is 5.97. The number of hydrogen-bond donors (Lipinski definition) is 0. The molecule has 1 aliphatic heterocycles. The molecule has 1 aliphatic rings. The van der Waals surface area contributed by atoms with Gasteiger partial charge in [0.05, 0.1) is 0 Å². The monoisotopic (exact) mass is 274 g/mol. The molecule has 1 heterocycles. The van der Waals surface area contributed by atoms with Crippen molar-refractivity contribution in [1.82, 2.24) is 9.80 Å². The summed E-state index contributed by atoms with van der Waals surface area (Å²) in [7, 11) is 4.31. The Hall–Kier alpha value is -1.19. The van der Waals surface area contributed by atoms with Crippen LogP contribution in [0.2, 0.25) is 0 Å². The second-order valence-electron chi connectivity index (χ2n) is 6.17. The summed E-state index contributed by atoms with van der Waals surface area (Å²) in [5.41, 5.74) is 1.96. The Morgan fingerprint density at radius 1 is 1.40 bits per heavy atom. The third-order valence-corrected chi connectivity index (χ3v) is 4.22. The Morgan fingerprint density at radius 2 is 2.15 bits per heavy atom. The number of likely N-dealkylation sites (tertiary alicyclic amines) is 1.